The second-order valence-corrected chi connectivity index (χ2v) is 4.38. The van der Waals surface area contributed by atoms with Crippen molar-refractivity contribution >= 4 is 0 Å². The van der Waals surface area contributed by atoms with Crippen molar-refractivity contribution < 1.29 is 9.52 Å². The van der Waals surface area contributed by atoms with E-state index in [9.17, 15) is 5.11 Å². The molecule has 1 aromatic heterocycles. The lowest BCUT2D eigenvalue weighted by atomic mass is 10.1. The fraction of sp³-hybridized carbons (Fsp3) is 0.636. The Morgan fingerprint density at radius 3 is 2.79 bits per heavy atom. The van der Waals surface area contributed by atoms with Gasteiger partial charge in [-0.05, 0) is 32.9 Å². The number of nitrogens with one attached hydrogen (secondary N) is 1. The minimum Gasteiger partial charge on any atom is -0.469 e. The van der Waals surface area contributed by atoms with E-state index in [1.807, 2.05) is 12.1 Å². The Balaban J connectivity index is 2.26. The molecule has 0 aliphatic heterocycles. The highest BCUT2D eigenvalue weighted by molar-refractivity contribution is 5.00. The van der Waals surface area contributed by atoms with Gasteiger partial charge in [0.1, 0.15) is 5.76 Å². The molecule has 1 heterocycles. The van der Waals surface area contributed by atoms with Crippen molar-refractivity contribution in [1.29, 1.82) is 0 Å². The molecule has 0 aromatic carbocycles. The average molecular weight is 197 g/mol. The van der Waals surface area contributed by atoms with E-state index in [0.29, 0.717) is 12.6 Å². The summed E-state index contributed by atoms with van der Waals surface area (Å²) in [6, 6.07) is 4.16. The lowest BCUT2D eigenvalue weighted by molar-refractivity contribution is 0.0768. The molecule has 1 unspecified atom stereocenters. The average Bonchev–Trinajstić information content (AvgIpc) is 2.52. The van der Waals surface area contributed by atoms with Gasteiger partial charge in [0.2, 0.25) is 0 Å². The van der Waals surface area contributed by atoms with E-state index < -0.39 is 5.60 Å². The zero-order valence-corrected chi connectivity index (χ0v) is 9.08. The van der Waals surface area contributed by atoms with Gasteiger partial charge in [0, 0.05) is 19.0 Å². The smallest absolute Gasteiger partial charge is 0.105 e. The van der Waals surface area contributed by atoms with Crippen LogP contribution >= 0.6 is 0 Å². The van der Waals surface area contributed by atoms with Gasteiger partial charge < -0.3 is 14.8 Å². The summed E-state index contributed by atoms with van der Waals surface area (Å²) in [6.45, 7) is 6.25. The number of rotatable bonds is 5. The van der Waals surface area contributed by atoms with Crippen molar-refractivity contribution in [2.45, 2.75) is 38.8 Å². The molecule has 0 spiro atoms. The fourth-order valence-electron chi connectivity index (χ4n) is 1.23. The zero-order chi connectivity index (χ0) is 10.6. The quantitative estimate of drug-likeness (QED) is 0.753. The van der Waals surface area contributed by atoms with Crippen LogP contribution in [0.15, 0.2) is 22.8 Å². The second-order valence-electron chi connectivity index (χ2n) is 4.38. The topological polar surface area (TPSA) is 45.4 Å². The first kappa shape index (κ1) is 11.3. The minimum absolute atomic E-state index is 0.313. The van der Waals surface area contributed by atoms with Crippen LogP contribution in [0.3, 0.4) is 0 Å². The first-order valence-electron chi connectivity index (χ1n) is 4.95. The molecule has 0 saturated carbocycles. The van der Waals surface area contributed by atoms with Gasteiger partial charge in [-0.3, -0.25) is 0 Å². The minimum atomic E-state index is -0.655. The van der Waals surface area contributed by atoms with Crippen molar-refractivity contribution in [3.05, 3.63) is 24.2 Å². The van der Waals surface area contributed by atoms with Crippen LogP contribution in [-0.2, 0) is 6.42 Å². The Labute approximate surface area is 85.1 Å². The molecule has 1 atom stereocenters. The molecular weight excluding hydrogens is 178 g/mol. The third kappa shape index (κ3) is 4.44. The summed E-state index contributed by atoms with van der Waals surface area (Å²) in [5.41, 5.74) is -0.655. The van der Waals surface area contributed by atoms with Crippen LogP contribution < -0.4 is 5.32 Å². The Hall–Kier alpha value is -0.800. The van der Waals surface area contributed by atoms with Gasteiger partial charge in [0.05, 0.1) is 11.9 Å². The van der Waals surface area contributed by atoms with Crippen LogP contribution in [0.2, 0.25) is 0 Å². The highest BCUT2D eigenvalue weighted by atomic mass is 16.3. The van der Waals surface area contributed by atoms with Crippen LogP contribution in [0, 0.1) is 0 Å². The van der Waals surface area contributed by atoms with E-state index in [4.69, 9.17) is 4.42 Å². The molecule has 1 aromatic rings. The first-order chi connectivity index (χ1) is 6.47. The standard InChI is InChI=1S/C11H19NO2/c1-9(12-8-11(2,3)13)7-10-5-4-6-14-10/h4-6,9,12-13H,7-8H2,1-3H3. The second kappa shape index (κ2) is 4.62. The molecule has 0 saturated heterocycles. The molecule has 0 amide bonds. The maximum absolute atomic E-state index is 9.51. The third-order valence-corrected chi connectivity index (χ3v) is 1.97. The summed E-state index contributed by atoms with van der Waals surface area (Å²) in [5, 5.41) is 12.8. The summed E-state index contributed by atoms with van der Waals surface area (Å²) >= 11 is 0. The van der Waals surface area contributed by atoms with E-state index in [1.165, 1.54) is 0 Å². The Bertz CT molecular complexity index is 249. The van der Waals surface area contributed by atoms with Crippen molar-refractivity contribution in [3.8, 4) is 0 Å². The molecule has 0 bridgehead atoms. The highest BCUT2D eigenvalue weighted by Gasteiger charge is 2.14. The van der Waals surface area contributed by atoms with Crippen LogP contribution in [0.4, 0.5) is 0 Å². The molecule has 14 heavy (non-hydrogen) atoms. The van der Waals surface area contributed by atoms with Gasteiger partial charge in [0.15, 0.2) is 0 Å². The predicted molar refractivity (Wildman–Crippen MR) is 56.2 cm³/mol. The molecule has 3 nitrogen and oxygen atoms in total. The van der Waals surface area contributed by atoms with Gasteiger partial charge in [-0.25, -0.2) is 0 Å². The molecule has 0 aliphatic carbocycles. The molecule has 80 valence electrons. The molecular formula is C11H19NO2. The van der Waals surface area contributed by atoms with Crippen LogP contribution in [0.25, 0.3) is 0 Å². The molecule has 0 aliphatic rings. The summed E-state index contributed by atoms with van der Waals surface area (Å²) in [4.78, 5) is 0. The van der Waals surface area contributed by atoms with E-state index in [2.05, 4.69) is 12.2 Å². The van der Waals surface area contributed by atoms with Gasteiger partial charge in [-0.2, -0.15) is 0 Å². The van der Waals surface area contributed by atoms with Gasteiger partial charge in [0.25, 0.3) is 0 Å². The maximum atomic E-state index is 9.51. The Morgan fingerprint density at radius 1 is 1.57 bits per heavy atom. The SMILES string of the molecule is CC(Cc1ccco1)NCC(C)(C)O. The van der Waals surface area contributed by atoms with Crippen molar-refractivity contribution in [2.75, 3.05) is 6.54 Å². The number of aliphatic hydroxyl groups is 1. The van der Waals surface area contributed by atoms with Crippen molar-refractivity contribution in [2.24, 2.45) is 0 Å². The monoisotopic (exact) mass is 197 g/mol. The van der Waals surface area contributed by atoms with Crippen molar-refractivity contribution in [1.82, 2.24) is 5.32 Å². The van der Waals surface area contributed by atoms with Crippen LogP contribution in [-0.4, -0.2) is 23.3 Å². The molecule has 0 fully saturated rings. The normalized spacial score (nSPS) is 14.3. The van der Waals surface area contributed by atoms with Gasteiger partial charge in [-0.1, -0.05) is 0 Å². The third-order valence-electron chi connectivity index (χ3n) is 1.97. The molecule has 2 N–H and O–H groups in total. The highest BCUT2D eigenvalue weighted by Crippen LogP contribution is 2.05. The van der Waals surface area contributed by atoms with Gasteiger partial charge in [-0.15, -0.1) is 0 Å². The van der Waals surface area contributed by atoms with E-state index in [-0.39, 0.29) is 0 Å². The van der Waals surface area contributed by atoms with Gasteiger partial charge >= 0.3 is 0 Å². The van der Waals surface area contributed by atoms with Crippen LogP contribution in [0.5, 0.6) is 0 Å². The molecule has 1 rings (SSSR count). The first-order valence-corrected chi connectivity index (χ1v) is 4.95. The fourth-order valence-corrected chi connectivity index (χ4v) is 1.23. The summed E-state index contributed by atoms with van der Waals surface area (Å²) < 4.78 is 5.23. The largest absolute Gasteiger partial charge is 0.469 e. The Kier molecular flexibility index (Phi) is 3.72. The summed E-state index contributed by atoms with van der Waals surface area (Å²) in [6.07, 6.45) is 2.53. The van der Waals surface area contributed by atoms with E-state index in [0.717, 1.165) is 12.2 Å². The zero-order valence-electron chi connectivity index (χ0n) is 9.08. The number of furan rings is 1. The Morgan fingerprint density at radius 2 is 2.29 bits per heavy atom. The lowest BCUT2D eigenvalue weighted by Gasteiger charge is -2.21. The summed E-state index contributed by atoms with van der Waals surface area (Å²) in [5.74, 6) is 0.973. The van der Waals surface area contributed by atoms with E-state index in [1.54, 1.807) is 20.1 Å². The number of hydrogen-bond acceptors (Lipinski definition) is 3. The molecule has 3 heteroatoms. The summed E-state index contributed by atoms with van der Waals surface area (Å²) in [7, 11) is 0. The predicted octanol–water partition coefficient (Wildman–Crippen LogP) is 1.57. The lowest BCUT2D eigenvalue weighted by Crippen LogP contribution is -2.40. The van der Waals surface area contributed by atoms with Crippen LogP contribution in [0.1, 0.15) is 26.5 Å². The molecule has 0 radical (unpaired) electrons. The maximum Gasteiger partial charge on any atom is 0.105 e. The number of hydrogen-bond donors (Lipinski definition) is 2. The van der Waals surface area contributed by atoms with Crippen molar-refractivity contribution in [3.63, 3.8) is 0 Å². The van der Waals surface area contributed by atoms with E-state index >= 15 is 0 Å².